The maximum Gasteiger partial charge on any atom is 0.203 e. The lowest BCUT2D eigenvalue weighted by Crippen LogP contribution is -2.28. The number of rotatable bonds is 9. The van der Waals surface area contributed by atoms with Crippen molar-refractivity contribution in [3.05, 3.63) is 53.6 Å². The molecule has 6 nitrogen and oxygen atoms in total. The average molecular weight is 402 g/mol. The molecule has 0 N–H and O–H groups in total. The zero-order valence-electron chi connectivity index (χ0n) is 17.7. The van der Waals surface area contributed by atoms with Gasteiger partial charge in [-0.15, -0.1) is 0 Å². The molecule has 0 amide bonds. The molecule has 0 aliphatic carbocycles. The smallest absolute Gasteiger partial charge is 0.203 e. The number of ether oxygens (including phenoxy) is 6. The van der Waals surface area contributed by atoms with Crippen molar-refractivity contribution >= 4 is 0 Å². The predicted molar refractivity (Wildman–Crippen MR) is 110 cm³/mol. The maximum absolute atomic E-state index is 5.97. The van der Waals surface area contributed by atoms with Gasteiger partial charge in [0.25, 0.3) is 0 Å². The van der Waals surface area contributed by atoms with Gasteiger partial charge in [-0.25, -0.2) is 0 Å². The highest BCUT2D eigenvalue weighted by Crippen LogP contribution is 2.46. The van der Waals surface area contributed by atoms with E-state index >= 15 is 0 Å². The first-order valence-electron chi connectivity index (χ1n) is 9.66. The fourth-order valence-corrected chi connectivity index (χ4v) is 4.24. The van der Waals surface area contributed by atoms with Crippen LogP contribution in [-0.2, 0) is 14.2 Å². The van der Waals surface area contributed by atoms with Gasteiger partial charge >= 0.3 is 0 Å². The first kappa shape index (κ1) is 21.4. The van der Waals surface area contributed by atoms with E-state index in [0.717, 1.165) is 11.1 Å². The monoisotopic (exact) mass is 402 g/mol. The minimum Gasteiger partial charge on any atom is -0.493 e. The van der Waals surface area contributed by atoms with Crippen LogP contribution in [0, 0.1) is 11.8 Å². The van der Waals surface area contributed by atoms with Crippen LogP contribution in [-0.4, -0.2) is 48.8 Å². The Hall–Kier alpha value is -2.28. The van der Waals surface area contributed by atoms with E-state index in [4.69, 9.17) is 28.4 Å². The highest BCUT2D eigenvalue weighted by molar-refractivity contribution is 5.54. The van der Waals surface area contributed by atoms with Crippen molar-refractivity contribution < 1.29 is 28.4 Å². The van der Waals surface area contributed by atoms with Crippen LogP contribution < -0.4 is 14.2 Å². The van der Waals surface area contributed by atoms with E-state index in [0.29, 0.717) is 30.5 Å². The highest BCUT2D eigenvalue weighted by atomic mass is 16.5. The SMILES string of the molecule is COc1cc([C@@H](OC)[C@@H]2COC[C@H]2[C@H](OC)c2ccccc2)cc(OC)c1OC. The fraction of sp³-hybridized carbons (Fsp3) is 0.478. The summed E-state index contributed by atoms with van der Waals surface area (Å²) in [6.45, 7) is 1.20. The van der Waals surface area contributed by atoms with E-state index in [1.54, 1.807) is 35.5 Å². The van der Waals surface area contributed by atoms with Gasteiger partial charge in [0.15, 0.2) is 11.5 Å². The summed E-state index contributed by atoms with van der Waals surface area (Å²) in [5.41, 5.74) is 2.08. The van der Waals surface area contributed by atoms with Gasteiger partial charge in [-0.05, 0) is 23.3 Å². The third-order valence-electron chi connectivity index (χ3n) is 5.60. The second-order valence-electron chi connectivity index (χ2n) is 7.05. The van der Waals surface area contributed by atoms with Gasteiger partial charge in [0, 0.05) is 26.1 Å². The molecule has 0 aromatic heterocycles. The lowest BCUT2D eigenvalue weighted by Gasteiger charge is -2.31. The van der Waals surface area contributed by atoms with Crippen LogP contribution in [0.25, 0.3) is 0 Å². The third kappa shape index (κ3) is 4.34. The van der Waals surface area contributed by atoms with Gasteiger partial charge in [0.2, 0.25) is 5.75 Å². The summed E-state index contributed by atoms with van der Waals surface area (Å²) in [7, 11) is 8.28. The Morgan fingerprint density at radius 1 is 0.724 bits per heavy atom. The predicted octanol–water partition coefficient (Wildman–Crippen LogP) is 4.05. The summed E-state index contributed by atoms with van der Waals surface area (Å²) in [5.74, 6) is 2.02. The van der Waals surface area contributed by atoms with Gasteiger partial charge in [-0.1, -0.05) is 30.3 Å². The molecule has 0 radical (unpaired) electrons. The number of hydrogen-bond acceptors (Lipinski definition) is 6. The van der Waals surface area contributed by atoms with Crippen molar-refractivity contribution in [2.24, 2.45) is 11.8 Å². The van der Waals surface area contributed by atoms with Crippen LogP contribution in [0.15, 0.2) is 42.5 Å². The van der Waals surface area contributed by atoms with E-state index in [9.17, 15) is 0 Å². The zero-order valence-corrected chi connectivity index (χ0v) is 17.7. The Morgan fingerprint density at radius 2 is 1.24 bits per heavy atom. The standard InChI is InChI=1S/C23H30O6/c1-24-19-11-16(12-20(25-2)23(19)28-5)22(27-4)18-14-29-13-17(18)21(26-3)15-9-7-6-8-10-15/h6-12,17-18,21-22H,13-14H2,1-5H3/t17-,18-,21-,22-/m1/s1. The van der Waals surface area contributed by atoms with Gasteiger partial charge < -0.3 is 28.4 Å². The summed E-state index contributed by atoms with van der Waals surface area (Å²) >= 11 is 0. The second kappa shape index (κ2) is 9.96. The Kier molecular flexibility index (Phi) is 7.36. The third-order valence-corrected chi connectivity index (χ3v) is 5.60. The average Bonchev–Trinajstić information content (AvgIpc) is 3.23. The van der Waals surface area contributed by atoms with Gasteiger partial charge in [0.05, 0.1) is 46.8 Å². The van der Waals surface area contributed by atoms with Crippen LogP contribution in [0.5, 0.6) is 17.2 Å². The molecule has 1 saturated heterocycles. The molecule has 4 atom stereocenters. The molecule has 3 rings (SSSR count). The Bertz CT molecular complexity index is 753. The first-order chi connectivity index (χ1) is 14.2. The van der Waals surface area contributed by atoms with E-state index < -0.39 is 0 Å². The van der Waals surface area contributed by atoms with Crippen LogP contribution in [0.1, 0.15) is 23.3 Å². The molecule has 6 heteroatoms. The van der Waals surface area contributed by atoms with Gasteiger partial charge in [0.1, 0.15) is 0 Å². The molecule has 0 unspecified atom stereocenters. The van der Waals surface area contributed by atoms with Crippen molar-refractivity contribution in [1.82, 2.24) is 0 Å². The number of benzene rings is 2. The van der Waals surface area contributed by atoms with E-state index in [-0.39, 0.29) is 24.0 Å². The minimum atomic E-state index is -0.211. The van der Waals surface area contributed by atoms with E-state index in [1.165, 1.54) is 0 Å². The summed E-state index contributed by atoms with van der Waals surface area (Å²) < 4.78 is 34.3. The van der Waals surface area contributed by atoms with Crippen molar-refractivity contribution in [1.29, 1.82) is 0 Å². The molecule has 1 aliphatic rings. The Labute approximate surface area is 172 Å². The molecule has 1 heterocycles. The molecule has 0 bridgehead atoms. The molecule has 158 valence electrons. The van der Waals surface area contributed by atoms with Crippen LogP contribution in [0.2, 0.25) is 0 Å². The normalized spacial score (nSPS) is 20.9. The van der Waals surface area contributed by atoms with Crippen molar-refractivity contribution in [2.45, 2.75) is 12.2 Å². The maximum atomic E-state index is 5.97. The van der Waals surface area contributed by atoms with Crippen molar-refractivity contribution in [3.63, 3.8) is 0 Å². The minimum absolute atomic E-state index is 0.0802. The fourth-order valence-electron chi connectivity index (χ4n) is 4.24. The van der Waals surface area contributed by atoms with E-state index in [2.05, 4.69) is 12.1 Å². The summed E-state index contributed by atoms with van der Waals surface area (Å²) in [6, 6.07) is 14.1. The largest absolute Gasteiger partial charge is 0.493 e. The second-order valence-corrected chi connectivity index (χ2v) is 7.05. The molecule has 0 spiro atoms. The molecule has 29 heavy (non-hydrogen) atoms. The topological polar surface area (TPSA) is 55.4 Å². The van der Waals surface area contributed by atoms with Crippen LogP contribution in [0.3, 0.4) is 0 Å². The van der Waals surface area contributed by atoms with Crippen LogP contribution >= 0.6 is 0 Å². The quantitative estimate of drug-likeness (QED) is 0.631. The molecule has 0 saturated carbocycles. The van der Waals surface area contributed by atoms with E-state index in [1.807, 2.05) is 30.3 Å². The molecule has 2 aromatic rings. The zero-order chi connectivity index (χ0) is 20.8. The molecule has 1 aliphatic heterocycles. The molecule has 1 fully saturated rings. The molecule has 2 aromatic carbocycles. The van der Waals surface area contributed by atoms with Crippen LogP contribution in [0.4, 0.5) is 0 Å². The molecular formula is C23H30O6. The summed E-state index contributed by atoms with van der Waals surface area (Å²) in [4.78, 5) is 0. The number of methoxy groups -OCH3 is 5. The lowest BCUT2D eigenvalue weighted by atomic mass is 9.81. The Balaban J connectivity index is 1.96. The first-order valence-corrected chi connectivity index (χ1v) is 9.66. The van der Waals surface area contributed by atoms with Crippen molar-refractivity contribution in [2.75, 3.05) is 48.8 Å². The number of hydrogen-bond donors (Lipinski definition) is 0. The molecular weight excluding hydrogens is 372 g/mol. The highest BCUT2D eigenvalue weighted by Gasteiger charge is 2.41. The summed E-state index contributed by atoms with van der Waals surface area (Å²) in [5, 5.41) is 0. The van der Waals surface area contributed by atoms with Crippen molar-refractivity contribution in [3.8, 4) is 17.2 Å². The Morgan fingerprint density at radius 3 is 1.69 bits per heavy atom. The lowest BCUT2D eigenvalue weighted by molar-refractivity contribution is -0.0141. The van der Waals surface area contributed by atoms with Gasteiger partial charge in [-0.2, -0.15) is 0 Å². The summed E-state index contributed by atoms with van der Waals surface area (Å²) in [6.07, 6.45) is -0.291. The van der Waals surface area contributed by atoms with Gasteiger partial charge in [-0.3, -0.25) is 0 Å².